The second-order valence-corrected chi connectivity index (χ2v) is 7.64. The summed E-state index contributed by atoms with van der Waals surface area (Å²) in [6.45, 7) is 6.64. The average Bonchev–Trinajstić information content (AvgIpc) is 2.83. The van der Waals surface area contributed by atoms with Crippen molar-refractivity contribution in [2.75, 3.05) is 7.11 Å². The first-order valence-electron chi connectivity index (χ1n) is 8.06. The van der Waals surface area contributed by atoms with Crippen molar-refractivity contribution >= 4 is 18.0 Å². The summed E-state index contributed by atoms with van der Waals surface area (Å²) < 4.78 is 10.2. The lowest BCUT2D eigenvalue weighted by Crippen LogP contribution is -2.72. The Morgan fingerprint density at radius 3 is 2.48 bits per heavy atom. The molecular formula is C16H24N2O5. The van der Waals surface area contributed by atoms with Crippen molar-refractivity contribution in [2.24, 2.45) is 16.7 Å². The molecule has 3 rings (SSSR count). The Balaban J connectivity index is 1.61. The molecule has 0 aromatic rings. The van der Waals surface area contributed by atoms with Gasteiger partial charge in [-0.15, -0.1) is 0 Å². The van der Waals surface area contributed by atoms with E-state index in [0.717, 1.165) is 12.8 Å². The van der Waals surface area contributed by atoms with Gasteiger partial charge in [-0.25, -0.2) is 9.59 Å². The van der Waals surface area contributed by atoms with Crippen LogP contribution in [0.3, 0.4) is 0 Å². The number of hydrogen-bond donors (Lipinski definition) is 2. The summed E-state index contributed by atoms with van der Waals surface area (Å²) in [5, 5.41) is 4.89. The first-order chi connectivity index (χ1) is 10.7. The lowest BCUT2D eigenvalue weighted by Gasteiger charge is -2.39. The van der Waals surface area contributed by atoms with Gasteiger partial charge in [0.1, 0.15) is 12.1 Å². The number of carbonyl (C=O) groups excluding carboxylic acids is 3. The normalized spacial score (nSPS) is 40.1. The van der Waals surface area contributed by atoms with Gasteiger partial charge in [-0.05, 0) is 30.6 Å². The number of ether oxygens (including phenoxy) is 2. The van der Waals surface area contributed by atoms with Gasteiger partial charge in [0.25, 0.3) is 0 Å². The maximum Gasteiger partial charge on any atom is 0.408 e. The SMILES string of the molecule is COC(=O)[C@H]1NC(=O)[C@H]1NC(=O)OC1CC2CCC1(C)C2(C)C. The Hall–Kier alpha value is -1.79. The second kappa shape index (κ2) is 5.11. The van der Waals surface area contributed by atoms with Crippen molar-refractivity contribution in [3.8, 4) is 0 Å². The molecule has 23 heavy (non-hydrogen) atoms. The van der Waals surface area contributed by atoms with E-state index in [4.69, 9.17) is 4.74 Å². The molecule has 5 atom stereocenters. The van der Waals surface area contributed by atoms with E-state index < -0.39 is 30.1 Å². The van der Waals surface area contributed by atoms with Crippen molar-refractivity contribution in [3.63, 3.8) is 0 Å². The lowest BCUT2D eigenvalue weighted by molar-refractivity contribution is -0.153. The van der Waals surface area contributed by atoms with E-state index in [1.165, 1.54) is 13.5 Å². The molecule has 3 aliphatic rings. The van der Waals surface area contributed by atoms with Gasteiger partial charge in [-0.1, -0.05) is 20.8 Å². The Morgan fingerprint density at radius 2 is 2.00 bits per heavy atom. The number of alkyl carbamates (subject to hydrolysis) is 1. The number of hydrogen-bond acceptors (Lipinski definition) is 5. The zero-order valence-electron chi connectivity index (χ0n) is 14.0. The van der Waals surface area contributed by atoms with Crippen LogP contribution >= 0.6 is 0 Å². The first kappa shape index (κ1) is 16.1. The highest BCUT2D eigenvalue weighted by molar-refractivity contribution is 6.01. The van der Waals surface area contributed by atoms with Gasteiger partial charge in [-0.3, -0.25) is 4.79 Å². The highest BCUT2D eigenvalue weighted by Gasteiger charge is 2.63. The van der Waals surface area contributed by atoms with E-state index in [9.17, 15) is 14.4 Å². The minimum Gasteiger partial charge on any atom is -0.467 e. The van der Waals surface area contributed by atoms with Crippen LogP contribution in [0.5, 0.6) is 0 Å². The van der Waals surface area contributed by atoms with Crippen LogP contribution in [0.25, 0.3) is 0 Å². The third-order valence-electron chi connectivity index (χ3n) is 6.61. The van der Waals surface area contributed by atoms with Crippen molar-refractivity contribution in [1.29, 1.82) is 0 Å². The van der Waals surface area contributed by atoms with Crippen LogP contribution in [0.1, 0.15) is 40.0 Å². The number of fused-ring (bicyclic) bond motifs is 2. The van der Waals surface area contributed by atoms with Crippen LogP contribution in [0.2, 0.25) is 0 Å². The summed E-state index contributed by atoms with van der Waals surface area (Å²) in [4.78, 5) is 35.2. The van der Waals surface area contributed by atoms with Gasteiger partial charge in [0.15, 0.2) is 6.04 Å². The van der Waals surface area contributed by atoms with E-state index in [2.05, 4.69) is 36.1 Å². The van der Waals surface area contributed by atoms with E-state index in [1.54, 1.807) is 0 Å². The van der Waals surface area contributed by atoms with Crippen LogP contribution < -0.4 is 10.6 Å². The third kappa shape index (κ3) is 2.20. The number of methoxy groups -OCH3 is 1. The number of nitrogens with one attached hydrogen (secondary N) is 2. The third-order valence-corrected chi connectivity index (χ3v) is 6.61. The van der Waals surface area contributed by atoms with E-state index in [1.807, 2.05) is 0 Å². The van der Waals surface area contributed by atoms with Crippen LogP contribution in [0.4, 0.5) is 4.79 Å². The maximum absolute atomic E-state index is 12.2. The molecule has 0 aromatic heterocycles. The Morgan fingerprint density at radius 1 is 1.30 bits per heavy atom. The predicted octanol–water partition coefficient (Wildman–Crippen LogP) is 0.967. The van der Waals surface area contributed by atoms with Crippen molar-refractivity contribution in [3.05, 3.63) is 0 Å². The van der Waals surface area contributed by atoms with Gasteiger partial charge >= 0.3 is 12.1 Å². The lowest BCUT2D eigenvalue weighted by atomic mass is 9.70. The fourth-order valence-corrected chi connectivity index (χ4v) is 4.45. The van der Waals surface area contributed by atoms with E-state index in [-0.39, 0.29) is 16.9 Å². The highest BCUT2D eigenvalue weighted by atomic mass is 16.6. The number of β-lactam (4-membered cyclic amide) rings is 1. The molecule has 1 aliphatic heterocycles. The topological polar surface area (TPSA) is 93.7 Å². The molecule has 3 fully saturated rings. The molecule has 0 aromatic carbocycles. The highest BCUT2D eigenvalue weighted by Crippen LogP contribution is 2.66. The fourth-order valence-electron chi connectivity index (χ4n) is 4.45. The summed E-state index contributed by atoms with van der Waals surface area (Å²) in [6.07, 6.45) is 2.26. The fraction of sp³-hybridized carbons (Fsp3) is 0.812. The average molecular weight is 324 g/mol. The summed E-state index contributed by atoms with van der Waals surface area (Å²) in [7, 11) is 1.24. The molecule has 7 nitrogen and oxygen atoms in total. The molecule has 0 spiro atoms. The first-order valence-corrected chi connectivity index (χ1v) is 8.06. The summed E-state index contributed by atoms with van der Waals surface area (Å²) in [6, 6.07) is -1.76. The second-order valence-electron chi connectivity index (χ2n) is 7.64. The Kier molecular flexibility index (Phi) is 3.57. The van der Waals surface area contributed by atoms with Crippen LogP contribution in [-0.2, 0) is 19.1 Å². The molecule has 2 N–H and O–H groups in total. The molecule has 2 aliphatic carbocycles. The van der Waals surface area contributed by atoms with Crippen LogP contribution in [0, 0.1) is 16.7 Å². The summed E-state index contributed by atoms with van der Waals surface area (Å²) in [5.74, 6) is -0.431. The summed E-state index contributed by atoms with van der Waals surface area (Å²) >= 11 is 0. The molecule has 2 amide bonds. The molecule has 2 bridgehead atoms. The van der Waals surface area contributed by atoms with Gasteiger partial charge in [-0.2, -0.15) is 0 Å². The number of carbonyl (C=O) groups is 3. The minimum absolute atomic E-state index is 0.0430. The quantitative estimate of drug-likeness (QED) is 0.596. The molecule has 7 heteroatoms. The molecule has 1 heterocycles. The molecule has 128 valence electrons. The molecule has 0 radical (unpaired) electrons. The van der Waals surface area contributed by atoms with Gasteiger partial charge in [0.05, 0.1) is 7.11 Å². The van der Waals surface area contributed by atoms with E-state index in [0.29, 0.717) is 5.92 Å². The standard InChI is InChI=1S/C16H24N2O5/c1-15(2)8-5-6-16(15,3)9(7-8)23-14(21)18-10-11(13(20)22-4)17-12(10)19/h8-11H,5-7H2,1-4H3,(H,17,19)(H,18,21)/t8?,9?,10-,11-,16?/m0/s1. The van der Waals surface area contributed by atoms with Crippen molar-refractivity contribution in [2.45, 2.75) is 58.2 Å². The smallest absolute Gasteiger partial charge is 0.408 e. The van der Waals surface area contributed by atoms with Crippen LogP contribution in [0.15, 0.2) is 0 Å². The zero-order chi connectivity index (χ0) is 17.0. The molecule has 2 saturated carbocycles. The Bertz CT molecular complexity index is 561. The predicted molar refractivity (Wildman–Crippen MR) is 80.4 cm³/mol. The van der Waals surface area contributed by atoms with Crippen molar-refractivity contribution in [1.82, 2.24) is 10.6 Å². The molecular weight excluding hydrogens is 300 g/mol. The Labute approximate surface area is 135 Å². The zero-order valence-corrected chi connectivity index (χ0v) is 14.0. The van der Waals surface area contributed by atoms with Crippen molar-refractivity contribution < 1.29 is 23.9 Å². The maximum atomic E-state index is 12.2. The van der Waals surface area contributed by atoms with E-state index >= 15 is 0 Å². The number of rotatable bonds is 3. The van der Waals surface area contributed by atoms with Gasteiger partial charge in [0, 0.05) is 5.41 Å². The number of esters is 1. The van der Waals surface area contributed by atoms with Crippen LogP contribution in [-0.4, -0.2) is 43.3 Å². The molecule has 3 unspecified atom stereocenters. The largest absolute Gasteiger partial charge is 0.467 e. The minimum atomic E-state index is -0.922. The molecule has 1 saturated heterocycles. The monoisotopic (exact) mass is 324 g/mol. The van der Waals surface area contributed by atoms with Gasteiger partial charge in [0.2, 0.25) is 5.91 Å². The van der Waals surface area contributed by atoms with Gasteiger partial charge < -0.3 is 20.1 Å². The number of amides is 2. The summed E-state index contributed by atoms with van der Waals surface area (Å²) in [5.41, 5.74) is 0.0962.